The maximum absolute atomic E-state index is 11.6. The number of hydrogen-bond acceptors (Lipinski definition) is 4. The zero-order valence-corrected chi connectivity index (χ0v) is 13.8. The lowest BCUT2D eigenvalue weighted by molar-refractivity contribution is -0.121. The fourth-order valence-electron chi connectivity index (χ4n) is 2.85. The Kier molecular flexibility index (Phi) is 5.27. The van der Waals surface area contributed by atoms with Crippen molar-refractivity contribution in [2.24, 2.45) is 0 Å². The van der Waals surface area contributed by atoms with E-state index in [1.165, 1.54) is 5.56 Å². The first-order valence-electron chi connectivity index (χ1n) is 8.49. The van der Waals surface area contributed by atoms with Gasteiger partial charge in [-0.1, -0.05) is 42.5 Å². The van der Waals surface area contributed by atoms with Gasteiger partial charge in [0.15, 0.2) is 0 Å². The first-order valence-corrected chi connectivity index (χ1v) is 8.49. The standard InChI is InChI=1S/C18H24N4O2/c23-16-9-14-22(17(24)20-16)13-6-2-5-12-19-21-18(10-11-18)15-7-3-1-4-8-15/h1-4,6-8,19,21H,5,9-14H2,(H,20,23,24)/b6-2-. The summed E-state index contributed by atoms with van der Waals surface area (Å²) < 4.78 is 0. The van der Waals surface area contributed by atoms with Gasteiger partial charge in [-0.3, -0.25) is 15.5 Å². The summed E-state index contributed by atoms with van der Waals surface area (Å²) in [5, 5.41) is 2.32. The third-order valence-electron chi connectivity index (χ3n) is 4.47. The lowest BCUT2D eigenvalue weighted by Gasteiger charge is -2.25. The van der Waals surface area contributed by atoms with Crippen LogP contribution in [0.5, 0.6) is 0 Å². The normalized spacial score (nSPS) is 19.6. The van der Waals surface area contributed by atoms with Crippen molar-refractivity contribution >= 4 is 11.9 Å². The minimum absolute atomic E-state index is 0.101. The first kappa shape index (κ1) is 16.7. The summed E-state index contributed by atoms with van der Waals surface area (Å²) in [6.45, 7) is 1.87. The van der Waals surface area contributed by atoms with Gasteiger partial charge in [0.1, 0.15) is 0 Å². The monoisotopic (exact) mass is 328 g/mol. The van der Waals surface area contributed by atoms with Crippen LogP contribution in [0.4, 0.5) is 4.79 Å². The fraction of sp³-hybridized carbons (Fsp3) is 0.444. The third kappa shape index (κ3) is 4.21. The van der Waals surface area contributed by atoms with E-state index < -0.39 is 0 Å². The van der Waals surface area contributed by atoms with Gasteiger partial charge in [0.25, 0.3) is 0 Å². The molecule has 0 radical (unpaired) electrons. The van der Waals surface area contributed by atoms with E-state index in [0.717, 1.165) is 25.8 Å². The summed E-state index contributed by atoms with van der Waals surface area (Å²) in [6, 6.07) is 10.2. The summed E-state index contributed by atoms with van der Waals surface area (Å²) >= 11 is 0. The molecule has 2 fully saturated rings. The molecule has 3 amide bonds. The molecule has 1 heterocycles. The van der Waals surface area contributed by atoms with Crippen LogP contribution in [0.2, 0.25) is 0 Å². The molecule has 128 valence electrons. The second kappa shape index (κ2) is 7.59. The van der Waals surface area contributed by atoms with Gasteiger partial charge in [-0.2, -0.15) is 0 Å². The van der Waals surface area contributed by atoms with E-state index in [4.69, 9.17) is 0 Å². The molecule has 1 aliphatic heterocycles. The number of imide groups is 1. The number of benzene rings is 1. The topological polar surface area (TPSA) is 73.5 Å². The van der Waals surface area contributed by atoms with E-state index in [9.17, 15) is 9.59 Å². The second-order valence-corrected chi connectivity index (χ2v) is 6.31. The predicted molar refractivity (Wildman–Crippen MR) is 92.0 cm³/mol. The van der Waals surface area contributed by atoms with Gasteiger partial charge in [0.2, 0.25) is 5.91 Å². The highest BCUT2D eigenvalue weighted by Gasteiger charge is 2.43. The van der Waals surface area contributed by atoms with Crippen LogP contribution >= 0.6 is 0 Å². The Balaban J connectivity index is 1.32. The van der Waals surface area contributed by atoms with Crippen molar-refractivity contribution in [3.05, 3.63) is 48.0 Å². The molecule has 1 saturated carbocycles. The summed E-state index contributed by atoms with van der Waals surface area (Å²) in [4.78, 5) is 24.3. The molecule has 1 aromatic carbocycles. The Bertz CT molecular complexity index is 611. The maximum Gasteiger partial charge on any atom is 0.324 e. The van der Waals surface area contributed by atoms with Crippen LogP contribution in [0.1, 0.15) is 31.2 Å². The third-order valence-corrected chi connectivity index (χ3v) is 4.47. The molecule has 6 nitrogen and oxygen atoms in total. The molecule has 0 spiro atoms. The van der Waals surface area contributed by atoms with Gasteiger partial charge in [0.05, 0.1) is 5.54 Å². The van der Waals surface area contributed by atoms with Gasteiger partial charge in [-0.05, 0) is 24.8 Å². The van der Waals surface area contributed by atoms with Crippen LogP contribution in [0, 0.1) is 0 Å². The molecule has 3 N–H and O–H groups in total. The fourth-order valence-corrected chi connectivity index (χ4v) is 2.85. The molecule has 0 atom stereocenters. The van der Waals surface area contributed by atoms with Crippen molar-refractivity contribution in [2.75, 3.05) is 19.6 Å². The number of hydrogen-bond donors (Lipinski definition) is 3. The molecule has 1 saturated heterocycles. The van der Waals surface area contributed by atoms with E-state index in [0.29, 0.717) is 19.5 Å². The molecule has 2 aliphatic rings. The van der Waals surface area contributed by atoms with Crippen LogP contribution in [-0.2, 0) is 10.3 Å². The Morgan fingerprint density at radius 2 is 1.96 bits per heavy atom. The van der Waals surface area contributed by atoms with Crippen LogP contribution < -0.4 is 16.2 Å². The van der Waals surface area contributed by atoms with Gasteiger partial charge in [-0.25, -0.2) is 10.2 Å². The van der Waals surface area contributed by atoms with E-state index in [1.807, 2.05) is 12.1 Å². The highest BCUT2D eigenvalue weighted by molar-refractivity contribution is 5.96. The Morgan fingerprint density at radius 3 is 2.67 bits per heavy atom. The molecule has 0 aromatic heterocycles. The minimum Gasteiger partial charge on any atom is -0.320 e. The van der Waals surface area contributed by atoms with Crippen LogP contribution in [-0.4, -0.2) is 36.5 Å². The SMILES string of the molecule is O=C1CCN(C/C=C\CCNNC2(c3ccccc3)CC2)C(=O)N1. The van der Waals surface area contributed by atoms with E-state index in [2.05, 4.69) is 46.5 Å². The zero-order chi connectivity index (χ0) is 16.8. The number of amides is 3. The molecular formula is C18H24N4O2. The van der Waals surface area contributed by atoms with Crippen molar-refractivity contribution in [1.29, 1.82) is 0 Å². The van der Waals surface area contributed by atoms with Gasteiger partial charge < -0.3 is 4.90 Å². The Morgan fingerprint density at radius 1 is 1.17 bits per heavy atom. The molecule has 6 heteroatoms. The molecular weight excluding hydrogens is 304 g/mol. The summed E-state index contributed by atoms with van der Waals surface area (Å²) in [5.41, 5.74) is 8.18. The largest absolute Gasteiger partial charge is 0.324 e. The van der Waals surface area contributed by atoms with Crippen molar-refractivity contribution in [2.45, 2.75) is 31.2 Å². The van der Waals surface area contributed by atoms with Crippen LogP contribution in [0.25, 0.3) is 0 Å². The van der Waals surface area contributed by atoms with Crippen LogP contribution in [0.15, 0.2) is 42.5 Å². The van der Waals surface area contributed by atoms with Crippen molar-refractivity contribution in [1.82, 2.24) is 21.1 Å². The number of nitrogens with one attached hydrogen (secondary N) is 3. The maximum atomic E-state index is 11.6. The lowest BCUT2D eigenvalue weighted by atomic mass is 10.1. The smallest absolute Gasteiger partial charge is 0.320 e. The predicted octanol–water partition coefficient (Wildman–Crippen LogP) is 1.66. The lowest BCUT2D eigenvalue weighted by Crippen LogP contribution is -2.49. The molecule has 0 bridgehead atoms. The Labute approximate surface area is 142 Å². The average Bonchev–Trinajstić information content (AvgIpc) is 3.38. The van der Waals surface area contributed by atoms with E-state index in [-0.39, 0.29) is 17.5 Å². The highest BCUT2D eigenvalue weighted by atomic mass is 16.2. The average molecular weight is 328 g/mol. The number of nitrogens with zero attached hydrogens (tertiary/aromatic N) is 1. The van der Waals surface area contributed by atoms with Gasteiger partial charge >= 0.3 is 6.03 Å². The van der Waals surface area contributed by atoms with Gasteiger partial charge in [-0.15, -0.1) is 0 Å². The summed E-state index contributed by atoms with van der Waals surface area (Å²) in [6.07, 6.45) is 7.60. The number of rotatable bonds is 8. The molecule has 0 unspecified atom stereocenters. The van der Waals surface area contributed by atoms with E-state index in [1.54, 1.807) is 4.90 Å². The second-order valence-electron chi connectivity index (χ2n) is 6.31. The number of carbonyl (C=O) groups excluding carboxylic acids is 2. The number of carbonyl (C=O) groups is 2. The number of urea groups is 1. The molecule has 24 heavy (non-hydrogen) atoms. The zero-order valence-electron chi connectivity index (χ0n) is 13.8. The first-order chi connectivity index (χ1) is 11.7. The molecule has 3 rings (SSSR count). The van der Waals surface area contributed by atoms with Crippen molar-refractivity contribution in [3.8, 4) is 0 Å². The van der Waals surface area contributed by atoms with Gasteiger partial charge in [0, 0.05) is 26.1 Å². The minimum atomic E-state index is -0.297. The number of hydrazine groups is 1. The molecule has 1 aromatic rings. The Hall–Kier alpha value is -2.18. The van der Waals surface area contributed by atoms with E-state index >= 15 is 0 Å². The quantitative estimate of drug-likeness (QED) is 0.385. The summed E-state index contributed by atoms with van der Waals surface area (Å²) in [5.74, 6) is -0.192. The van der Waals surface area contributed by atoms with Crippen LogP contribution in [0.3, 0.4) is 0 Å². The van der Waals surface area contributed by atoms with Crippen molar-refractivity contribution < 1.29 is 9.59 Å². The summed E-state index contributed by atoms with van der Waals surface area (Å²) in [7, 11) is 0. The molecule has 1 aliphatic carbocycles. The highest BCUT2D eigenvalue weighted by Crippen LogP contribution is 2.44. The van der Waals surface area contributed by atoms with Crippen molar-refractivity contribution in [3.63, 3.8) is 0 Å².